The molecule has 0 spiro atoms. The van der Waals surface area contributed by atoms with Crippen LogP contribution in [0, 0.1) is 13.8 Å². The minimum Gasteiger partial charge on any atom is -0.493 e. The van der Waals surface area contributed by atoms with Gasteiger partial charge in [-0.15, -0.1) is 0 Å². The van der Waals surface area contributed by atoms with Crippen LogP contribution in [-0.2, 0) is 6.54 Å². The Morgan fingerprint density at radius 2 is 1.79 bits per heavy atom. The molecule has 1 aromatic carbocycles. The Kier molecular flexibility index (Phi) is 4.04. The number of pyridine rings is 1. The maximum atomic E-state index is 12.5. The molecule has 0 bridgehead atoms. The Balaban J connectivity index is 1.91. The molecule has 0 aliphatic heterocycles. The molecule has 0 unspecified atom stereocenters. The second-order valence-electron chi connectivity index (χ2n) is 5.72. The number of hydrogen-bond acceptors (Lipinski definition) is 4. The summed E-state index contributed by atoms with van der Waals surface area (Å²) in [5.41, 5.74) is 2.21. The highest BCUT2D eigenvalue weighted by Gasteiger charge is 2.19. The first kappa shape index (κ1) is 15.7. The molecule has 0 radical (unpaired) electrons. The zero-order valence-electron chi connectivity index (χ0n) is 13.4. The highest BCUT2D eigenvalue weighted by atomic mass is 16.3. The van der Waals surface area contributed by atoms with Crippen molar-refractivity contribution in [2.24, 2.45) is 0 Å². The molecule has 24 heavy (non-hydrogen) atoms. The summed E-state index contributed by atoms with van der Waals surface area (Å²) in [6, 6.07) is 11.1. The summed E-state index contributed by atoms with van der Waals surface area (Å²) in [6.45, 7) is 4.06. The predicted octanol–water partition coefficient (Wildman–Crippen LogP) is 1.95. The summed E-state index contributed by atoms with van der Waals surface area (Å²) < 4.78 is 1.26. The van der Waals surface area contributed by atoms with E-state index in [0.717, 1.165) is 16.7 Å². The molecule has 6 heteroatoms. The van der Waals surface area contributed by atoms with Crippen LogP contribution in [0.5, 0.6) is 5.88 Å². The number of aryl methyl sites for hydroxylation is 2. The molecule has 0 atom stereocenters. The third-order valence-corrected chi connectivity index (χ3v) is 3.75. The molecule has 1 amide bonds. The van der Waals surface area contributed by atoms with E-state index in [1.807, 2.05) is 38.1 Å². The number of aromatic hydroxyl groups is 1. The fourth-order valence-corrected chi connectivity index (χ4v) is 2.41. The lowest BCUT2D eigenvalue weighted by atomic mass is 10.1. The van der Waals surface area contributed by atoms with Crippen LogP contribution in [0.4, 0.5) is 0 Å². The Morgan fingerprint density at radius 1 is 1.12 bits per heavy atom. The number of carbonyl (C=O) groups excluding carboxylic acids is 1. The van der Waals surface area contributed by atoms with Crippen molar-refractivity contribution >= 4 is 11.6 Å². The summed E-state index contributed by atoms with van der Waals surface area (Å²) in [7, 11) is 0. The van der Waals surface area contributed by atoms with Gasteiger partial charge in [0.15, 0.2) is 5.56 Å². The van der Waals surface area contributed by atoms with Crippen LogP contribution >= 0.6 is 0 Å². The second-order valence-corrected chi connectivity index (χ2v) is 5.72. The first-order valence-corrected chi connectivity index (χ1v) is 7.51. The van der Waals surface area contributed by atoms with E-state index in [2.05, 4.69) is 10.3 Å². The van der Waals surface area contributed by atoms with Crippen LogP contribution in [-0.4, -0.2) is 20.4 Å². The van der Waals surface area contributed by atoms with Crippen molar-refractivity contribution in [3.05, 3.63) is 75.2 Å². The molecular weight excluding hydrogens is 306 g/mol. The van der Waals surface area contributed by atoms with Gasteiger partial charge >= 0.3 is 0 Å². The fourth-order valence-electron chi connectivity index (χ4n) is 2.41. The van der Waals surface area contributed by atoms with Crippen molar-refractivity contribution in [2.75, 3.05) is 0 Å². The van der Waals surface area contributed by atoms with E-state index < -0.39 is 17.3 Å². The van der Waals surface area contributed by atoms with Gasteiger partial charge in [0, 0.05) is 12.7 Å². The molecule has 0 aliphatic carbocycles. The largest absolute Gasteiger partial charge is 0.493 e. The molecule has 2 N–H and O–H groups in total. The third-order valence-electron chi connectivity index (χ3n) is 3.75. The van der Waals surface area contributed by atoms with Gasteiger partial charge in [-0.2, -0.15) is 4.98 Å². The van der Waals surface area contributed by atoms with E-state index in [1.165, 1.54) is 4.40 Å². The minimum absolute atomic E-state index is 0.258. The van der Waals surface area contributed by atoms with Crippen molar-refractivity contribution in [1.29, 1.82) is 0 Å². The zero-order chi connectivity index (χ0) is 17.3. The first-order valence-electron chi connectivity index (χ1n) is 7.51. The van der Waals surface area contributed by atoms with Crippen LogP contribution in [0.2, 0.25) is 0 Å². The van der Waals surface area contributed by atoms with Crippen LogP contribution in [0.25, 0.3) is 5.65 Å². The quantitative estimate of drug-likeness (QED) is 0.771. The molecule has 0 fully saturated rings. The molecule has 2 aromatic heterocycles. The van der Waals surface area contributed by atoms with Gasteiger partial charge in [0.05, 0.1) is 0 Å². The zero-order valence-corrected chi connectivity index (χ0v) is 13.4. The Hall–Kier alpha value is -3.15. The number of benzene rings is 1. The maximum Gasteiger partial charge on any atom is 0.274 e. The average molecular weight is 323 g/mol. The van der Waals surface area contributed by atoms with Crippen molar-refractivity contribution in [2.45, 2.75) is 20.4 Å². The predicted molar refractivity (Wildman–Crippen MR) is 90.2 cm³/mol. The maximum absolute atomic E-state index is 12.5. The summed E-state index contributed by atoms with van der Waals surface area (Å²) in [4.78, 5) is 28.8. The summed E-state index contributed by atoms with van der Waals surface area (Å²) in [5.74, 6) is -1.22. The number of rotatable bonds is 3. The lowest BCUT2D eigenvalue weighted by molar-refractivity contribution is 0.0945. The Bertz CT molecular complexity index is 975. The lowest BCUT2D eigenvalue weighted by Gasteiger charge is -2.08. The summed E-state index contributed by atoms with van der Waals surface area (Å²) >= 11 is 0. The van der Waals surface area contributed by atoms with Crippen molar-refractivity contribution in [3.63, 3.8) is 0 Å². The SMILES string of the molecule is Cc1ccc(CNC(=O)c2c(O)nc3ccc(C)cn3c2=O)cc1. The summed E-state index contributed by atoms with van der Waals surface area (Å²) in [5, 5.41) is 12.6. The Labute approximate surface area is 138 Å². The van der Waals surface area contributed by atoms with Gasteiger partial charge in [-0.3, -0.25) is 14.0 Å². The van der Waals surface area contributed by atoms with Crippen molar-refractivity contribution < 1.29 is 9.90 Å². The number of carbonyl (C=O) groups is 1. The van der Waals surface area contributed by atoms with Crippen molar-refractivity contribution in [1.82, 2.24) is 14.7 Å². The number of aromatic nitrogens is 2. The average Bonchev–Trinajstić information content (AvgIpc) is 2.55. The molecule has 6 nitrogen and oxygen atoms in total. The molecular formula is C18H17N3O3. The number of nitrogens with one attached hydrogen (secondary N) is 1. The van der Waals surface area contributed by atoms with Gasteiger partial charge < -0.3 is 10.4 Å². The number of fused-ring (bicyclic) bond motifs is 1. The highest BCUT2D eigenvalue weighted by molar-refractivity contribution is 5.96. The molecule has 122 valence electrons. The minimum atomic E-state index is -0.651. The highest BCUT2D eigenvalue weighted by Crippen LogP contribution is 2.12. The second kappa shape index (κ2) is 6.16. The van der Waals surface area contributed by atoms with E-state index in [1.54, 1.807) is 18.3 Å². The smallest absolute Gasteiger partial charge is 0.274 e. The molecule has 3 aromatic rings. The summed E-state index contributed by atoms with van der Waals surface area (Å²) in [6.07, 6.45) is 1.58. The van der Waals surface area contributed by atoms with Crippen LogP contribution in [0.15, 0.2) is 47.4 Å². The standard InChI is InChI=1S/C18H17N3O3/c1-11-3-6-13(7-4-11)9-19-16(22)15-17(23)20-14-8-5-12(2)10-21(14)18(15)24/h3-8,10,23H,9H2,1-2H3,(H,19,22). The molecule has 3 rings (SSSR count). The monoisotopic (exact) mass is 323 g/mol. The first-order chi connectivity index (χ1) is 11.5. The van der Waals surface area contributed by atoms with E-state index in [4.69, 9.17) is 0 Å². The van der Waals surface area contributed by atoms with E-state index >= 15 is 0 Å². The van der Waals surface area contributed by atoms with E-state index in [-0.39, 0.29) is 17.8 Å². The Morgan fingerprint density at radius 3 is 2.50 bits per heavy atom. The molecule has 0 aliphatic rings. The fraction of sp³-hybridized carbons (Fsp3) is 0.167. The van der Waals surface area contributed by atoms with Crippen LogP contribution in [0.3, 0.4) is 0 Å². The number of amides is 1. The number of nitrogens with zero attached hydrogens (tertiary/aromatic N) is 2. The lowest BCUT2D eigenvalue weighted by Crippen LogP contribution is -2.31. The number of hydrogen-bond donors (Lipinski definition) is 2. The third kappa shape index (κ3) is 2.99. The van der Waals surface area contributed by atoms with Gasteiger partial charge in [-0.05, 0) is 31.0 Å². The molecule has 0 saturated heterocycles. The van der Waals surface area contributed by atoms with Crippen LogP contribution < -0.4 is 10.9 Å². The van der Waals surface area contributed by atoms with E-state index in [9.17, 15) is 14.7 Å². The normalized spacial score (nSPS) is 10.8. The van der Waals surface area contributed by atoms with Crippen LogP contribution in [0.1, 0.15) is 27.0 Å². The van der Waals surface area contributed by atoms with Gasteiger partial charge in [-0.1, -0.05) is 35.9 Å². The van der Waals surface area contributed by atoms with Gasteiger partial charge in [0.25, 0.3) is 11.5 Å². The van der Waals surface area contributed by atoms with Crippen molar-refractivity contribution in [3.8, 4) is 5.88 Å². The molecule has 0 saturated carbocycles. The van der Waals surface area contributed by atoms with E-state index in [0.29, 0.717) is 0 Å². The molecule has 2 heterocycles. The van der Waals surface area contributed by atoms with Gasteiger partial charge in [-0.25, -0.2) is 0 Å². The van der Waals surface area contributed by atoms with Gasteiger partial charge in [0.2, 0.25) is 5.88 Å². The van der Waals surface area contributed by atoms with Gasteiger partial charge in [0.1, 0.15) is 5.65 Å². The topological polar surface area (TPSA) is 83.7 Å².